The highest BCUT2D eigenvalue weighted by Gasteiger charge is 2.43. The molecule has 6 heteroatoms. The van der Waals surface area contributed by atoms with E-state index in [2.05, 4.69) is 5.32 Å². The molecule has 1 aliphatic carbocycles. The maximum Gasteiger partial charge on any atom is 0.222 e. The number of piperidine rings is 1. The van der Waals surface area contributed by atoms with Crippen LogP contribution in [0.25, 0.3) is 0 Å². The number of nitrogens with one attached hydrogen (secondary N) is 1. The molecule has 2 fully saturated rings. The molecule has 0 aromatic heterocycles. The second-order valence-electron chi connectivity index (χ2n) is 5.40. The minimum absolute atomic E-state index is 0.0297. The number of primary amides is 1. The number of alkyl halides is 2. The molecule has 0 aromatic rings. The third-order valence-corrected chi connectivity index (χ3v) is 5.40. The zero-order chi connectivity index (χ0) is 13.3. The fourth-order valence-electron chi connectivity index (χ4n) is 3.28. The second-order valence-corrected chi connectivity index (χ2v) is 6.52. The number of nitrogens with two attached hydrogens (primary N) is 1. The van der Waals surface area contributed by atoms with Gasteiger partial charge < -0.3 is 16.2 Å². The summed E-state index contributed by atoms with van der Waals surface area (Å²) < 4.78 is 0. The van der Waals surface area contributed by atoms with Crippen molar-refractivity contribution in [3.05, 3.63) is 0 Å². The number of amides is 1. The zero-order valence-electron chi connectivity index (χ0n) is 10.2. The van der Waals surface area contributed by atoms with Crippen LogP contribution in [0.5, 0.6) is 0 Å². The number of rotatable bonds is 2. The van der Waals surface area contributed by atoms with Crippen LogP contribution in [0.3, 0.4) is 0 Å². The standard InChI is InChI=1S/C12H20Cl2N2O2/c13-9-3-7(11(17)4-10(9)14)6-1-2-16-5-8(6)12(15)18/h6-11,16-17H,1-5H2,(H2,15,18)/t6-,7?,8-,9?,10?,11?/m0/s1. The van der Waals surface area contributed by atoms with Crippen LogP contribution in [0, 0.1) is 17.8 Å². The molecule has 6 atom stereocenters. The van der Waals surface area contributed by atoms with Gasteiger partial charge in [0.1, 0.15) is 0 Å². The summed E-state index contributed by atoms with van der Waals surface area (Å²) >= 11 is 12.3. The Morgan fingerprint density at radius 2 is 1.89 bits per heavy atom. The molecule has 104 valence electrons. The smallest absolute Gasteiger partial charge is 0.222 e. The largest absolute Gasteiger partial charge is 0.393 e. The summed E-state index contributed by atoms with van der Waals surface area (Å²) in [5, 5.41) is 13.0. The molecular weight excluding hydrogens is 275 g/mol. The predicted molar refractivity (Wildman–Crippen MR) is 71.7 cm³/mol. The van der Waals surface area contributed by atoms with Crippen molar-refractivity contribution in [3.63, 3.8) is 0 Å². The Balaban J connectivity index is 2.10. The summed E-state index contributed by atoms with van der Waals surface area (Å²) in [4.78, 5) is 11.5. The molecular formula is C12H20Cl2N2O2. The Kier molecular flexibility index (Phi) is 4.75. The molecule has 0 bridgehead atoms. The van der Waals surface area contributed by atoms with Crippen molar-refractivity contribution in [2.45, 2.75) is 36.1 Å². The normalized spacial score (nSPS) is 45.7. The van der Waals surface area contributed by atoms with Crippen LogP contribution >= 0.6 is 23.2 Å². The highest BCUT2D eigenvalue weighted by atomic mass is 35.5. The van der Waals surface area contributed by atoms with Gasteiger partial charge in [0.2, 0.25) is 5.91 Å². The van der Waals surface area contributed by atoms with E-state index < -0.39 is 6.10 Å². The summed E-state index contributed by atoms with van der Waals surface area (Å²) in [6, 6.07) is 0. The summed E-state index contributed by atoms with van der Waals surface area (Å²) in [6.07, 6.45) is 1.53. The van der Waals surface area contributed by atoms with Gasteiger partial charge in [0, 0.05) is 6.54 Å². The van der Waals surface area contributed by atoms with Crippen LogP contribution in [0.15, 0.2) is 0 Å². The summed E-state index contributed by atoms with van der Waals surface area (Å²) in [5.41, 5.74) is 5.45. The van der Waals surface area contributed by atoms with Crippen LogP contribution < -0.4 is 11.1 Å². The number of aliphatic hydroxyl groups excluding tert-OH is 1. The lowest BCUT2D eigenvalue weighted by Crippen LogP contribution is -2.51. The minimum Gasteiger partial charge on any atom is -0.393 e. The van der Waals surface area contributed by atoms with Crippen molar-refractivity contribution < 1.29 is 9.90 Å². The Labute approximate surface area is 117 Å². The van der Waals surface area contributed by atoms with Crippen molar-refractivity contribution in [1.29, 1.82) is 0 Å². The minimum atomic E-state index is -0.479. The monoisotopic (exact) mass is 294 g/mol. The van der Waals surface area contributed by atoms with Crippen LogP contribution in [-0.2, 0) is 4.79 Å². The van der Waals surface area contributed by atoms with E-state index in [1.54, 1.807) is 0 Å². The molecule has 4 unspecified atom stereocenters. The maximum atomic E-state index is 11.5. The molecule has 2 aliphatic rings. The van der Waals surface area contributed by atoms with Crippen molar-refractivity contribution in [1.82, 2.24) is 5.32 Å². The number of carbonyl (C=O) groups is 1. The maximum absolute atomic E-state index is 11.5. The van der Waals surface area contributed by atoms with Crippen LogP contribution in [0.4, 0.5) is 0 Å². The van der Waals surface area contributed by atoms with Gasteiger partial charge in [-0.05, 0) is 37.6 Å². The van der Waals surface area contributed by atoms with E-state index in [1.165, 1.54) is 0 Å². The van der Waals surface area contributed by atoms with Gasteiger partial charge >= 0.3 is 0 Å². The van der Waals surface area contributed by atoms with Crippen molar-refractivity contribution in [2.75, 3.05) is 13.1 Å². The number of halogens is 2. The van der Waals surface area contributed by atoms with Gasteiger partial charge in [-0.15, -0.1) is 23.2 Å². The Hall–Kier alpha value is -0.0300. The lowest BCUT2D eigenvalue weighted by molar-refractivity contribution is -0.126. The lowest BCUT2D eigenvalue weighted by Gasteiger charge is -2.42. The van der Waals surface area contributed by atoms with Gasteiger partial charge in [0.25, 0.3) is 0 Å². The zero-order valence-corrected chi connectivity index (χ0v) is 11.7. The molecule has 2 rings (SSSR count). The van der Waals surface area contributed by atoms with Crippen LogP contribution in [0.2, 0.25) is 0 Å². The predicted octanol–water partition coefficient (Wildman–Crippen LogP) is 0.683. The second kappa shape index (κ2) is 5.95. The summed E-state index contributed by atoms with van der Waals surface area (Å²) in [5.74, 6) is -0.362. The average Bonchev–Trinajstić information content (AvgIpc) is 2.34. The first-order valence-electron chi connectivity index (χ1n) is 6.47. The number of carbonyl (C=O) groups excluding carboxylic acids is 1. The molecule has 0 radical (unpaired) electrons. The lowest BCUT2D eigenvalue weighted by atomic mass is 9.69. The number of hydrogen-bond donors (Lipinski definition) is 3. The molecule has 1 amide bonds. The Bertz CT molecular complexity index is 316. The van der Waals surface area contributed by atoms with E-state index in [0.29, 0.717) is 19.4 Å². The van der Waals surface area contributed by atoms with Crippen molar-refractivity contribution in [3.8, 4) is 0 Å². The van der Waals surface area contributed by atoms with Gasteiger partial charge in [-0.3, -0.25) is 4.79 Å². The van der Waals surface area contributed by atoms with E-state index in [0.717, 1.165) is 13.0 Å². The Morgan fingerprint density at radius 1 is 1.22 bits per heavy atom. The first-order chi connectivity index (χ1) is 8.50. The molecule has 1 heterocycles. The number of hydrogen-bond acceptors (Lipinski definition) is 3. The molecule has 4 nitrogen and oxygen atoms in total. The van der Waals surface area contributed by atoms with Gasteiger partial charge in [0.15, 0.2) is 0 Å². The van der Waals surface area contributed by atoms with E-state index in [4.69, 9.17) is 28.9 Å². The Morgan fingerprint density at radius 3 is 2.56 bits per heavy atom. The highest BCUT2D eigenvalue weighted by Crippen LogP contribution is 2.40. The van der Waals surface area contributed by atoms with Crippen molar-refractivity contribution in [2.24, 2.45) is 23.5 Å². The van der Waals surface area contributed by atoms with Gasteiger partial charge in [-0.1, -0.05) is 0 Å². The average molecular weight is 295 g/mol. The quantitative estimate of drug-likeness (QED) is 0.656. The molecule has 0 spiro atoms. The molecule has 0 aromatic carbocycles. The molecule has 1 aliphatic heterocycles. The third-order valence-electron chi connectivity index (χ3n) is 4.30. The van der Waals surface area contributed by atoms with Crippen LogP contribution in [-0.4, -0.2) is 41.0 Å². The molecule has 18 heavy (non-hydrogen) atoms. The summed E-state index contributed by atoms with van der Waals surface area (Å²) in [6.45, 7) is 1.45. The first-order valence-corrected chi connectivity index (χ1v) is 7.34. The topological polar surface area (TPSA) is 75.4 Å². The molecule has 1 saturated carbocycles. The van der Waals surface area contributed by atoms with Gasteiger partial charge in [-0.25, -0.2) is 0 Å². The third kappa shape index (κ3) is 2.93. The van der Waals surface area contributed by atoms with Gasteiger partial charge in [0.05, 0.1) is 22.8 Å². The van der Waals surface area contributed by atoms with E-state index in [-0.39, 0.29) is 34.4 Å². The molecule has 4 N–H and O–H groups in total. The first kappa shape index (κ1) is 14.4. The fraction of sp³-hybridized carbons (Fsp3) is 0.917. The van der Waals surface area contributed by atoms with Crippen LogP contribution in [0.1, 0.15) is 19.3 Å². The number of aliphatic hydroxyl groups is 1. The SMILES string of the molecule is NC(=O)[C@H]1CNCC[C@H]1C1CC(Cl)C(Cl)CC1O. The van der Waals surface area contributed by atoms with Crippen molar-refractivity contribution >= 4 is 29.1 Å². The fourth-order valence-corrected chi connectivity index (χ4v) is 3.87. The van der Waals surface area contributed by atoms with E-state index >= 15 is 0 Å². The van der Waals surface area contributed by atoms with E-state index in [9.17, 15) is 9.90 Å². The highest BCUT2D eigenvalue weighted by molar-refractivity contribution is 6.30. The summed E-state index contributed by atoms with van der Waals surface area (Å²) in [7, 11) is 0. The van der Waals surface area contributed by atoms with Gasteiger partial charge in [-0.2, -0.15) is 0 Å². The van der Waals surface area contributed by atoms with E-state index in [1.807, 2.05) is 0 Å². The molecule has 1 saturated heterocycles.